The van der Waals surface area contributed by atoms with E-state index >= 15 is 0 Å². The van der Waals surface area contributed by atoms with Crippen LogP contribution in [0.5, 0.6) is 0 Å². The smallest absolute Gasteiger partial charge is 0.410 e. The number of hydrogen-bond acceptors (Lipinski definition) is 3. The van der Waals surface area contributed by atoms with Crippen LogP contribution < -0.4 is 0 Å². The third-order valence-electron chi connectivity index (χ3n) is 4.08. The van der Waals surface area contributed by atoms with Crippen molar-refractivity contribution in [2.45, 2.75) is 45.9 Å². The quantitative estimate of drug-likeness (QED) is 0.858. The normalized spacial score (nSPS) is 22.6. The highest BCUT2D eigenvalue weighted by molar-refractivity contribution is 5.68. The number of likely N-dealkylation sites (N-methyl/N-ethyl adjacent to an activating group) is 1. The summed E-state index contributed by atoms with van der Waals surface area (Å²) in [7, 11) is 1.85. The van der Waals surface area contributed by atoms with Gasteiger partial charge in [-0.15, -0.1) is 0 Å². The lowest BCUT2D eigenvalue weighted by Crippen LogP contribution is -2.44. The third kappa shape index (κ3) is 4.47. The highest BCUT2D eigenvalue weighted by atomic mass is 16.6. The maximum atomic E-state index is 12.2. The number of nitrogens with zero attached hydrogens (tertiary/aromatic N) is 2. The number of carbonyl (C=O) groups is 1. The monoisotopic (exact) mass is 304 g/mol. The van der Waals surface area contributed by atoms with E-state index in [0.29, 0.717) is 5.92 Å². The molecule has 1 fully saturated rings. The van der Waals surface area contributed by atoms with Crippen LogP contribution in [0.3, 0.4) is 0 Å². The zero-order valence-corrected chi connectivity index (χ0v) is 14.4. The fourth-order valence-corrected chi connectivity index (χ4v) is 2.99. The zero-order valence-electron chi connectivity index (χ0n) is 14.4. The molecule has 1 saturated heterocycles. The minimum atomic E-state index is -0.448. The molecule has 22 heavy (non-hydrogen) atoms. The molecule has 0 aliphatic carbocycles. The fraction of sp³-hybridized carbons (Fsp3) is 0.611. The largest absolute Gasteiger partial charge is 0.444 e. The SMILES string of the molecule is CC1CN(Cc2ccccc2)CC1N(C)C(=O)OC(C)(C)C. The lowest BCUT2D eigenvalue weighted by Gasteiger charge is -2.30. The first-order chi connectivity index (χ1) is 10.3. The summed E-state index contributed by atoms with van der Waals surface area (Å²) in [5, 5.41) is 0. The molecule has 2 atom stereocenters. The summed E-state index contributed by atoms with van der Waals surface area (Å²) < 4.78 is 5.48. The Morgan fingerprint density at radius 3 is 2.50 bits per heavy atom. The molecule has 0 bridgehead atoms. The molecule has 0 aromatic heterocycles. The average Bonchev–Trinajstić information content (AvgIpc) is 2.78. The van der Waals surface area contributed by atoms with Gasteiger partial charge >= 0.3 is 6.09 Å². The second-order valence-electron chi connectivity index (χ2n) is 7.32. The molecule has 1 amide bonds. The van der Waals surface area contributed by atoms with Crippen LogP contribution in [0.4, 0.5) is 4.79 Å². The summed E-state index contributed by atoms with van der Waals surface area (Å²) in [6.07, 6.45) is -0.231. The van der Waals surface area contributed by atoms with Gasteiger partial charge in [-0.1, -0.05) is 37.3 Å². The fourth-order valence-electron chi connectivity index (χ4n) is 2.99. The Morgan fingerprint density at radius 2 is 1.91 bits per heavy atom. The Morgan fingerprint density at radius 1 is 1.27 bits per heavy atom. The second kappa shape index (κ2) is 6.69. The van der Waals surface area contributed by atoms with Crippen molar-refractivity contribution in [2.24, 2.45) is 5.92 Å². The topological polar surface area (TPSA) is 32.8 Å². The lowest BCUT2D eigenvalue weighted by atomic mass is 10.1. The number of likely N-dealkylation sites (tertiary alicyclic amines) is 1. The van der Waals surface area contributed by atoms with Crippen LogP contribution in [0.25, 0.3) is 0 Å². The Hall–Kier alpha value is -1.55. The molecule has 1 aliphatic heterocycles. The Balaban J connectivity index is 1.94. The minimum absolute atomic E-state index is 0.207. The van der Waals surface area contributed by atoms with E-state index in [4.69, 9.17) is 4.74 Å². The summed E-state index contributed by atoms with van der Waals surface area (Å²) in [5.74, 6) is 0.446. The van der Waals surface area contributed by atoms with Crippen molar-refractivity contribution < 1.29 is 9.53 Å². The van der Waals surface area contributed by atoms with Crippen molar-refractivity contribution in [1.29, 1.82) is 0 Å². The van der Waals surface area contributed by atoms with Gasteiger partial charge in [-0.3, -0.25) is 4.90 Å². The maximum absolute atomic E-state index is 12.2. The predicted molar refractivity (Wildman–Crippen MR) is 88.7 cm³/mol. The van der Waals surface area contributed by atoms with Crippen LogP contribution >= 0.6 is 0 Å². The number of amides is 1. The first kappa shape index (κ1) is 16.8. The van der Waals surface area contributed by atoms with Crippen LogP contribution in [0.2, 0.25) is 0 Å². The second-order valence-corrected chi connectivity index (χ2v) is 7.32. The van der Waals surface area contributed by atoms with E-state index in [-0.39, 0.29) is 12.1 Å². The van der Waals surface area contributed by atoms with Gasteiger partial charge in [0.15, 0.2) is 0 Å². The van der Waals surface area contributed by atoms with Gasteiger partial charge in [0.25, 0.3) is 0 Å². The van der Waals surface area contributed by atoms with Gasteiger partial charge in [0, 0.05) is 26.7 Å². The summed E-state index contributed by atoms with van der Waals surface area (Å²) in [5.41, 5.74) is 0.868. The predicted octanol–water partition coefficient (Wildman–Crippen LogP) is 3.37. The van der Waals surface area contributed by atoms with Crippen LogP contribution in [-0.2, 0) is 11.3 Å². The lowest BCUT2D eigenvalue weighted by molar-refractivity contribution is 0.0201. The van der Waals surface area contributed by atoms with E-state index < -0.39 is 5.60 Å². The molecular weight excluding hydrogens is 276 g/mol. The molecule has 0 N–H and O–H groups in total. The van der Waals surface area contributed by atoms with E-state index in [9.17, 15) is 4.79 Å². The van der Waals surface area contributed by atoms with E-state index in [1.165, 1.54) is 5.56 Å². The molecule has 2 unspecified atom stereocenters. The molecule has 1 aromatic carbocycles. The van der Waals surface area contributed by atoms with E-state index in [2.05, 4.69) is 36.1 Å². The van der Waals surface area contributed by atoms with E-state index in [0.717, 1.165) is 19.6 Å². The van der Waals surface area contributed by atoms with Gasteiger partial charge in [-0.25, -0.2) is 4.79 Å². The number of ether oxygens (including phenoxy) is 1. The molecule has 1 heterocycles. The molecule has 0 radical (unpaired) electrons. The van der Waals surface area contributed by atoms with Gasteiger partial charge in [0.05, 0.1) is 6.04 Å². The Labute approximate surface area is 134 Å². The summed E-state index contributed by atoms with van der Waals surface area (Å²) in [4.78, 5) is 16.4. The summed E-state index contributed by atoms with van der Waals surface area (Å²) >= 11 is 0. The Bertz CT molecular complexity index is 496. The van der Waals surface area contributed by atoms with Crippen LogP contribution in [-0.4, -0.2) is 47.7 Å². The number of benzene rings is 1. The average molecular weight is 304 g/mol. The molecule has 1 aromatic rings. The maximum Gasteiger partial charge on any atom is 0.410 e. The summed E-state index contributed by atoms with van der Waals surface area (Å²) in [6, 6.07) is 10.7. The van der Waals surface area contributed by atoms with Gasteiger partial charge in [0.2, 0.25) is 0 Å². The Kier molecular flexibility index (Phi) is 5.12. The van der Waals surface area contributed by atoms with Gasteiger partial charge in [0.1, 0.15) is 5.60 Å². The number of rotatable bonds is 3. The molecule has 4 nitrogen and oxygen atoms in total. The van der Waals surface area contributed by atoms with Crippen LogP contribution in [0, 0.1) is 5.92 Å². The van der Waals surface area contributed by atoms with Gasteiger partial charge in [-0.2, -0.15) is 0 Å². The molecule has 4 heteroatoms. The van der Waals surface area contributed by atoms with Crippen LogP contribution in [0.1, 0.15) is 33.3 Å². The third-order valence-corrected chi connectivity index (χ3v) is 4.08. The minimum Gasteiger partial charge on any atom is -0.444 e. The highest BCUT2D eigenvalue weighted by Crippen LogP contribution is 2.24. The first-order valence-corrected chi connectivity index (χ1v) is 7.98. The highest BCUT2D eigenvalue weighted by Gasteiger charge is 2.35. The van der Waals surface area contributed by atoms with Crippen molar-refractivity contribution in [1.82, 2.24) is 9.80 Å². The van der Waals surface area contributed by atoms with E-state index in [1.54, 1.807) is 4.90 Å². The molecule has 122 valence electrons. The van der Waals surface area contributed by atoms with Crippen molar-refractivity contribution in [3.05, 3.63) is 35.9 Å². The van der Waals surface area contributed by atoms with Crippen molar-refractivity contribution in [3.8, 4) is 0 Å². The van der Waals surface area contributed by atoms with Crippen molar-refractivity contribution in [3.63, 3.8) is 0 Å². The van der Waals surface area contributed by atoms with Crippen molar-refractivity contribution in [2.75, 3.05) is 20.1 Å². The number of hydrogen-bond donors (Lipinski definition) is 0. The molecule has 0 spiro atoms. The number of carbonyl (C=O) groups excluding carboxylic acids is 1. The van der Waals surface area contributed by atoms with E-state index in [1.807, 2.05) is 33.9 Å². The first-order valence-electron chi connectivity index (χ1n) is 7.98. The molecule has 0 saturated carbocycles. The molecular formula is C18H28N2O2. The summed E-state index contributed by atoms with van der Waals surface area (Å²) in [6.45, 7) is 10.7. The van der Waals surface area contributed by atoms with Crippen LogP contribution in [0.15, 0.2) is 30.3 Å². The molecule has 2 rings (SSSR count). The zero-order chi connectivity index (χ0) is 16.3. The van der Waals surface area contributed by atoms with Gasteiger partial charge < -0.3 is 9.64 Å². The van der Waals surface area contributed by atoms with Crippen molar-refractivity contribution >= 4 is 6.09 Å². The van der Waals surface area contributed by atoms with Gasteiger partial charge in [-0.05, 0) is 32.3 Å². The molecule has 1 aliphatic rings. The standard InChI is InChI=1S/C18H28N2O2/c1-14-11-20(12-15-9-7-6-8-10-15)13-16(14)19(5)17(21)22-18(2,3)4/h6-10,14,16H,11-13H2,1-5H3.